The van der Waals surface area contributed by atoms with Crippen molar-refractivity contribution in [1.29, 1.82) is 0 Å². The molecule has 1 fully saturated rings. The van der Waals surface area contributed by atoms with Gasteiger partial charge in [-0.15, -0.1) is 11.3 Å². The second-order valence-electron chi connectivity index (χ2n) is 7.41. The second kappa shape index (κ2) is 8.24. The molecule has 0 spiro atoms. The number of sulfone groups is 1. The number of aromatic nitrogens is 1. The van der Waals surface area contributed by atoms with E-state index in [0.717, 1.165) is 23.3 Å². The van der Waals surface area contributed by atoms with Crippen LogP contribution in [0.3, 0.4) is 0 Å². The van der Waals surface area contributed by atoms with E-state index < -0.39 is 20.9 Å². The van der Waals surface area contributed by atoms with E-state index in [1.807, 2.05) is 12.1 Å². The Balaban J connectivity index is 1.41. The molecule has 4 nitrogen and oxygen atoms in total. The average molecular weight is 431 g/mol. The highest BCUT2D eigenvalue weighted by atomic mass is 32.2. The lowest BCUT2D eigenvalue weighted by Gasteiger charge is -2.31. The molecule has 1 aromatic heterocycles. The normalized spacial score (nSPS) is 15.6. The van der Waals surface area contributed by atoms with E-state index in [4.69, 9.17) is 4.98 Å². The minimum absolute atomic E-state index is 0.0747. The third-order valence-corrected chi connectivity index (χ3v) is 8.66. The molecule has 3 aromatic rings. The molecule has 0 unspecified atom stereocenters. The molecule has 1 aliphatic heterocycles. The van der Waals surface area contributed by atoms with Crippen LogP contribution in [0.25, 0.3) is 0 Å². The first kappa shape index (κ1) is 20.0. The fourth-order valence-corrected chi connectivity index (χ4v) is 6.36. The summed E-state index contributed by atoms with van der Waals surface area (Å²) in [6.07, 6.45) is 1.84. The number of piperidine rings is 1. The lowest BCUT2D eigenvalue weighted by Crippen LogP contribution is -2.39. The van der Waals surface area contributed by atoms with E-state index >= 15 is 0 Å². The van der Waals surface area contributed by atoms with Gasteiger partial charge in [-0.2, -0.15) is 0 Å². The first-order chi connectivity index (χ1) is 13.9. The minimum Gasteiger partial charge on any atom is -0.348 e. The van der Waals surface area contributed by atoms with Gasteiger partial charge in [0.25, 0.3) is 0 Å². The van der Waals surface area contributed by atoms with Crippen LogP contribution in [0.15, 0.2) is 58.8 Å². The predicted molar refractivity (Wildman–Crippen MR) is 115 cm³/mol. The summed E-state index contributed by atoms with van der Waals surface area (Å²) in [5.74, 6) is -0.521. The van der Waals surface area contributed by atoms with Crippen molar-refractivity contribution in [2.24, 2.45) is 0 Å². The summed E-state index contributed by atoms with van der Waals surface area (Å²) in [5, 5.41) is 2.54. The van der Waals surface area contributed by atoms with Gasteiger partial charge in [-0.1, -0.05) is 30.3 Å². The van der Waals surface area contributed by atoms with Crippen molar-refractivity contribution in [2.75, 3.05) is 18.0 Å². The maximum atomic E-state index is 13.5. The standard InChI is InChI=1S/C22H23FN2O2S2/c1-16-5-2-3-6-17(16)13-19-15-28-22(24-19)25-11-9-20(10-12-25)29(26,27)21-8-4-7-18(23)14-21/h2-8,14-15,20H,9-13H2,1H3. The van der Waals surface area contributed by atoms with Crippen molar-refractivity contribution in [3.8, 4) is 0 Å². The van der Waals surface area contributed by atoms with E-state index in [-0.39, 0.29) is 4.90 Å². The van der Waals surface area contributed by atoms with Crippen molar-refractivity contribution in [3.05, 3.63) is 76.5 Å². The lowest BCUT2D eigenvalue weighted by atomic mass is 10.1. The molecule has 0 aliphatic carbocycles. The van der Waals surface area contributed by atoms with Gasteiger partial charge in [0.1, 0.15) is 5.82 Å². The van der Waals surface area contributed by atoms with Crippen LogP contribution in [0.5, 0.6) is 0 Å². The highest BCUT2D eigenvalue weighted by molar-refractivity contribution is 7.92. The molecule has 0 bridgehead atoms. The van der Waals surface area contributed by atoms with E-state index in [0.29, 0.717) is 25.9 Å². The highest BCUT2D eigenvalue weighted by Gasteiger charge is 2.32. The molecule has 0 radical (unpaired) electrons. The summed E-state index contributed by atoms with van der Waals surface area (Å²) >= 11 is 1.60. The summed E-state index contributed by atoms with van der Waals surface area (Å²) in [7, 11) is -3.51. The molecule has 7 heteroatoms. The molecule has 2 aromatic carbocycles. The molecule has 2 heterocycles. The molecule has 4 rings (SSSR count). The van der Waals surface area contributed by atoms with Crippen LogP contribution in [0, 0.1) is 12.7 Å². The van der Waals surface area contributed by atoms with Crippen LogP contribution in [0.2, 0.25) is 0 Å². The molecule has 152 valence electrons. The van der Waals surface area contributed by atoms with E-state index in [1.54, 1.807) is 11.3 Å². The van der Waals surface area contributed by atoms with Gasteiger partial charge in [0.05, 0.1) is 15.8 Å². The predicted octanol–water partition coefficient (Wildman–Crippen LogP) is 4.62. The fourth-order valence-electron chi connectivity index (χ4n) is 3.72. The smallest absolute Gasteiger partial charge is 0.185 e. The summed E-state index contributed by atoms with van der Waals surface area (Å²) in [6, 6.07) is 13.6. The first-order valence-electron chi connectivity index (χ1n) is 9.67. The summed E-state index contributed by atoms with van der Waals surface area (Å²) < 4.78 is 39.1. The SMILES string of the molecule is Cc1ccccc1Cc1csc(N2CCC(S(=O)(=O)c3cccc(F)c3)CC2)n1. The van der Waals surface area contributed by atoms with Gasteiger partial charge in [-0.05, 0) is 49.1 Å². The Morgan fingerprint density at radius 3 is 2.62 bits per heavy atom. The maximum absolute atomic E-state index is 13.5. The first-order valence-corrected chi connectivity index (χ1v) is 12.1. The van der Waals surface area contributed by atoms with Crippen molar-refractivity contribution >= 4 is 26.3 Å². The van der Waals surface area contributed by atoms with Gasteiger partial charge in [0.2, 0.25) is 0 Å². The second-order valence-corrected chi connectivity index (χ2v) is 10.5. The van der Waals surface area contributed by atoms with E-state index in [9.17, 15) is 12.8 Å². The molecule has 1 aliphatic rings. The van der Waals surface area contributed by atoms with Crippen molar-refractivity contribution in [2.45, 2.75) is 36.3 Å². The Bertz CT molecular complexity index is 1100. The highest BCUT2D eigenvalue weighted by Crippen LogP contribution is 2.30. The average Bonchev–Trinajstić information content (AvgIpc) is 3.18. The van der Waals surface area contributed by atoms with Crippen LogP contribution >= 0.6 is 11.3 Å². The quantitative estimate of drug-likeness (QED) is 0.592. The number of halogens is 1. The van der Waals surface area contributed by atoms with Crippen molar-refractivity contribution < 1.29 is 12.8 Å². The number of thiazole rings is 1. The Morgan fingerprint density at radius 1 is 1.14 bits per heavy atom. The Kier molecular flexibility index (Phi) is 5.69. The van der Waals surface area contributed by atoms with Crippen LogP contribution in [-0.2, 0) is 16.3 Å². The molecule has 0 N–H and O–H groups in total. The minimum atomic E-state index is -3.51. The van der Waals surface area contributed by atoms with Gasteiger partial charge in [-0.25, -0.2) is 17.8 Å². The van der Waals surface area contributed by atoms with Crippen LogP contribution in [0.4, 0.5) is 9.52 Å². The number of hydrogen-bond acceptors (Lipinski definition) is 5. The van der Waals surface area contributed by atoms with Gasteiger partial charge in [0, 0.05) is 24.9 Å². The zero-order valence-electron chi connectivity index (χ0n) is 16.2. The molecule has 0 atom stereocenters. The van der Waals surface area contributed by atoms with Crippen LogP contribution < -0.4 is 4.90 Å². The molecular formula is C22H23FN2O2S2. The molecule has 0 saturated carbocycles. The van der Waals surface area contributed by atoms with Crippen molar-refractivity contribution in [1.82, 2.24) is 4.98 Å². The number of hydrogen-bond donors (Lipinski definition) is 0. The van der Waals surface area contributed by atoms with Crippen LogP contribution in [0.1, 0.15) is 29.7 Å². The number of aryl methyl sites for hydroxylation is 1. The topological polar surface area (TPSA) is 50.3 Å². The number of anilines is 1. The number of benzene rings is 2. The largest absolute Gasteiger partial charge is 0.348 e. The van der Waals surface area contributed by atoms with Gasteiger partial charge < -0.3 is 4.90 Å². The third-order valence-electron chi connectivity index (χ3n) is 5.45. The van der Waals surface area contributed by atoms with Crippen LogP contribution in [-0.4, -0.2) is 31.7 Å². The Hall–Kier alpha value is -2.25. The molecule has 1 saturated heterocycles. The monoisotopic (exact) mass is 430 g/mol. The van der Waals surface area contributed by atoms with Crippen molar-refractivity contribution in [3.63, 3.8) is 0 Å². The van der Waals surface area contributed by atoms with E-state index in [1.165, 1.54) is 29.3 Å². The molecule has 0 amide bonds. The van der Waals surface area contributed by atoms with Gasteiger partial charge in [0.15, 0.2) is 15.0 Å². The zero-order valence-corrected chi connectivity index (χ0v) is 17.8. The lowest BCUT2D eigenvalue weighted by molar-refractivity contribution is 0.528. The number of nitrogens with zero attached hydrogens (tertiary/aromatic N) is 2. The summed E-state index contributed by atoms with van der Waals surface area (Å²) in [4.78, 5) is 7.00. The van der Waals surface area contributed by atoms with Gasteiger partial charge in [-0.3, -0.25) is 0 Å². The summed E-state index contributed by atoms with van der Waals surface area (Å²) in [6.45, 7) is 3.37. The fraction of sp³-hybridized carbons (Fsp3) is 0.318. The third kappa shape index (κ3) is 4.36. The van der Waals surface area contributed by atoms with Gasteiger partial charge >= 0.3 is 0 Å². The number of rotatable bonds is 5. The molecular weight excluding hydrogens is 407 g/mol. The van der Waals surface area contributed by atoms with E-state index in [2.05, 4.69) is 29.3 Å². The Morgan fingerprint density at radius 2 is 1.90 bits per heavy atom. The maximum Gasteiger partial charge on any atom is 0.185 e. The molecule has 29 heavy (non-hydrogen) atoms. The summed E-state index contributed by atoms with van der Waals surface area (Å²) in [5.41, 5.74) is 3.56. The Labute approximate surface area is 175 Å². The zero-order chi connectivity index (χ0) is 20.4.